The number of hydrogen-bond donors (Lipinski definition) is 0. The number of amides is 1. The van der Waals surface area contributed by atoms with Crippen LogP contribution in [0.5, 0.6) is 0 Å². The van der Waals surface area contributed by atoms with Crippen molar-refractivity contribution in [2.24, 2.45) is 0 Å². The van der Waals surface area contributed by atoms with E-state index in [1.807, 2.05) is 6.92 Å². The minimum Gasteiger partial charge on any atom is -0.465 e. The maximum absolute atomic E-state index is 12.0. The van der Waals surface area contributed by atoms with E-state index in [1.165, 1.54) is 18.2 Å². The van der Waals surface area contributed by atoms with Gasteiger partial charge in [0.05, 0.1) is 12.7 Å². The SMILES string of the molecule is CCN(C(=O)OC(C)(C)C)c1ccc(C(=O)OC)cn1. The molecule has 0 radical (unpaired) electrons. The molecule has 0 saturated carbocycles. The van der Waals surface area contributed by atoms with Crippen LogP contribution in [0.1, 0.15) is 38.1 Å². The van der Waals surface area contributed by atoms with Gasteiger partial charge in [-0.25, -0.2) is 14.6 Å². The largest absolute Gasteiger partial charge is 0.465 e. The lowest BCUT2D eigenvalue weighted by atomic mass is 10.2. The molecule has 0 bridgehead atoms. The fourth-order valence-corrected chi connectivity index (χ4v) is 1.49. The average molecular weight is 280 g/mol. The summed E-state index contributed by atoms with van der Waals surface area (Å²) in [6, 6.07) is 3.14. The van der Waals surface area contributed by atoms with E-state index in [-0.39, 0.29) is 0 Å². The Hall–Kier alpha value is -2.11. The Kier molecular flexibility index (Phi) is 5.07. The van der Waals surface area contributed by atoms with Crippen molar-refractivity contribution in [2.45, 2.75) is 33.3 Å². The van der Waals surface area contributed by atoms with Gasteiger partial charge in [-0.3, -0.25) is 4.90 Å². The molecule has 6 nitrogen and oxygen atoms in total. The molecule has 1 aromatic rings. The lowest BCUT2D eigenvalue weighted by Gasteiger charge is -2.25. The molecule has 0 unspecified atom stereocenters. The first kappa shape index (κ1) is 15.9. The number of esters is 1. The van der Waals surface area contributed by atoms with E-state index >= 15 is 0 Å². The number of rotatable bonds is 3. The normalized spacial score (nSPS) is 10.8. The molecule has 0 fully saturated rings. The lowest BCUT2D eigenvalue weighted by Crippen LogP contribution is -2.37. The maximum Gasteiger partial charge on any atom is 0.415 e. The van der Waals surface area contributed by atoms with Crippen molar-refractivity contribution < 1.29 is 19.1 Å². The Morgan fingerprint density at radius 2 is 1.95 bits per heavy atom. The lowest BCUT2D eigenvalue weighted by molar-refractivity contribution is 0.0579. The van der Waals surface area contributed by atoms with Gasteiger partial charge in [-0.1, -0.05) is 0 Å². The van der Waals surface area contributed by atoms with Crippen molar-refractivity contribution in [2.75, 3.05) is 18.6 Å². The van der Waals surface area contributed by atoms with Crippen LogP contribution in [0, 0.1) is 0 Å². The average Bonchev–Trinajstić information content (AvgIpc) is 2.37. The highest BCUT2D eigenvalue weighted by atomic mass is 16.6. The molecule has 110 valence electrons. The molecule has 0 aliphatic rings. The summed E-state index contributed by atoms with van der Waals surface area (Å²) in [6.07, 6.45) is 0.895. The van der Waals surface area contributed by atoms with Crippen molar-refractivity contribution in [3.05, 3.63) is 23.9 Å². The van der Waals surface area contributed by atoms with Crippen LogP contribution in [-0.4, -0.2) is 36.3 Å². The molecular weight excluding hydrogens is 260 g/mol. The molecule has 0 N–H and O–H groups in total. The van der Waals surface area contributed by atoms with Crippen molar-refractivity contribution in [3.63, 3.8) is 0 Å². The monoisotopic (exact) mass is 280 g/mol. The van der Waals surface area contributed by atoms with Crippen LogP contribution in [0.3, 0.4) is 0 Å². The molecule has 1 aromatic heterocycles. The predicted octanol–water partition coefficient (Wildman–Crippen LogP) is 2.63. The molecule has 0 aromatic carbocycles. The van der Waals surface area contributed by atoms with Gasteiger partial charge >= 0.3 is 12.1 Å². The summed E-state index contributed by atoms with van der Waals surface area (Å²) in [5, 5.41) is 0. The second-order valence-corrected chi connectivity index (χ2v) is 5.12. The molecule has 0 aliphatic carbocycles. The summed E-state index contributed by atoms with van der Waals surface area (Å²) >= 11 is 0. The third kappa shape index (κ3) is 4.22. The van der Waals surface area contributed by atoms with E-state index in [9.17, 15) is 9.59 Å². The van der Waals surface area contributed by atoms with Gasteiger partial charge in [0.15, 0.2) is 0 Å². The van der Waals surface area contributed by atoms with Crippen molar-refractivity contribution in [1.82, 2.24) is 4.98 Å². The summed E-state index contributed by atoms with van der Waals surface area (Å²) in [7, 11) is 1.30. The molecular formula is C14H20N2O4. The topological polar surface area (TPSA) is 68.7 Å². The Balaban J connectivity index is 2.90. The quantitative estimate of drug-likeness (QED) is 0.796. The summed E-state index contributed by atoms with van der Waals surface area (Å²) < 4.78 is 9.89. The highest BCUT2D eigenvalue weighted by Crippen LogP contribution is 2.16. The van der Waals surface area contributed by atoms with E-state index in [1.54, 1.807) is 32.9 Å². The second kappa shape index (κ2) is 6.36. The zero-order valence-electron chi connectivity index (χ0n) is 12.5. The Labute approximate surface area is 118 Å². The number of ether oxygens (including phenoxy) is 2. The number of nitrogens with zero attached hydrogens (tertiary/aromatic N) is 2. The number of aromatic nitrogens is 1. The first-order valence-electron chi connectivity index (χ1n) is 6.33. The highest BCUT2D eigenvalue weighted by molar-refractivity contribution is 5.90. The maximum atomic E-state index is 12.0. The van der Waals surface area contributed by atoms with Crippen molar-refractivity contribution >= 4 is 17.9 Å². The molecule has 20 heavy (non-hydrogen) atoms. The van der Waals surface area contributed by atoms with Crippen LogP contribution in [0.4, 0.5) is 10.6 Å². The van der Waals surface area contributed by atoms with E-state index in [0.717, 1.165) is 0 Å². The molecule has 6 heteroatoms. The van der Waals surface area contributed by atoms with Crippen LogP contribution in [-0.2, 0) is 9.47 Å². The molecule has 1 heterocycles. The number of carbonyl (C=O) groups excluding carboxylic acids is 2. The summed E-state index contributed by atoms with van der Waals surface area (Å²) in [5.74, 6) is -0.0428. The van der Waals surface area contributed by atoms with Crippen LogP contribution in [0.25, 0.3) is 0 Å². The number of anilines is 1. The Morgan fingerprint density at radius 3 is 2.35 bits per heavy atom. The molecule has 1 rings (SSSR count). The highest BCUT2D eigenvalue weighted by Gasteiger charge is 2.23. The first-order chi connectivity index (χ1) is 9.28. The molecule has 1 amide bonds. The van der Waals surface area contributed by atoms with Gasteiger partial charge in [0.1, 0.15) is 11.4 Å². The Morgan fingerprint density at radius 1 is 1.30 bits per heavy atom. The fraction of sp³-hybridized carbons (Fsp3) is 0.500. The van der Waals surface area contributed by atoms with Gasteiger partial charge in [0, 0.05) is 12.7 Å². The predicted molar refractivity (Wildman–Crippen MR) is 74.8 cm³/mol. The third-order valence-electron chi connectivity index (χ3n) is 2.38. The number of methoxy groups -OCH3 is 1. The summed E-state index contributed by atoms with van der Waals surface area (Å²) in [6.45, 7) is 7.63. The number of pyridine rings is 1. The summed E-state index contributed by atoms with van der Waals surface area (Å²) in [5.41, 5.74) is -0.243. The van der Waals surface area contributed by atoms with Gasteiger partial charge in [0.25, 0.3) is 0 Å². The second-order valence-electron chi connectivity index (χ2n) is 5.12. The molecule has 0 atom stereocenters. The number of carbonyl (C=O) groups is 2. The van der Waals surface area contributed by atoms with Gasteiger partial charge in [-0.2, -0.15) is 0 Å². The van der Waals surface area contributed by atoms with E-state index in [0.29, 0.717) is 17.9 Å². The van der Waals surface area contributed by atoms with E-state index in [4.69, 9.17) is 4.74 Å². The van der Waals surface area contributed by atoms with E-state index < -0.39 is 17.7 Å². The van der Waals surface area contributed by atoms with Crippen LogP contribution in [0.15, 0.2) is 18.3 Å². The zero-order chi connectivity index (χ0) is 15.3. The Bertz CT molecular complexity index is 477. The molecule has 0 saturated heterocycles. The van der Waals surface area contributed by atoms with Gasteiger partial charge in [-0.15, -0.1) is 0 Å². The first-order valence-corrected chi connectivity index (χ1v) is 6.33. The van der Waals surface area contributed by atoms with Crippen LogP contribution >= 0.6 is 0 Å². The minimum atomic E-state index is -0.573. The zero-order valence-corrected chi connectivity index (χ0v) is 12.5. The standard InChI is InChI=1S/C14H20N2O4/c1-6-16(13(18)20-14(2,3)4)11-8-7-10(9-15-11)12(17)19-5/h7-9H,6H2,1-5H3. The third-order valence-corrected chi connectivity index (χ3v) is 2.38. The van der Waals surface area contributed by atoms with Gasteiger partial charge < -0.3 is 9.47 Å². The van der Waals surface area contributed by atoms with Crippen LogP contribution in [0.2, 0.25) is 0 Å². The molecule has 0 spiro atoms. The minimum absolute atomic E-state index is 0.330. The smallest absolute Gasteiger partial charge is 0.415 e. The molecule has 0 aliphatic heterocycles. The summed E-state index contributed by atoms with van der Waals surface area (Å²) in [4.78, 5) is 28.8. The number of hydrogen-bond acceptors (Lipinski definition) is 5. The van der Waals surface area contributed by atoms with Crippen molar-refractivity contribution in [3.8, 4) is 0 Å². The van der Waals surface area contributed by atoms with Gasteiger partial charge in [-0.05, 0) is 39.8 Å². The van der Waals surface area contributed by atoms with Crippen molar-refractivity contribution in [1.29, 1.82) is 0 Å². The van der Waals surface area contributed by atoms with Gasteiger partial charge in [0.2, 0.25) is 0 Å². The van der Waals surface area contributed by atoms with Crippen LogP contribution < -0.4 is 4.90 Å². The van der Waals surface area contributed by atoms with E-state index in [2.05, 4.69) is 9.72 Å². The fourth-order valence-electron chi connectivity index (χ4n) is 1.49.